The summed E-state index contributed by atoms with van der Waals surface area (Å²) in [5, 5.41) is 12.7. The number of ether oxygens (including phenoxy) is 3. The molecule has 0 saturated heterocycles. The number of H-pyrrole nitrogens is 1. The van der Waals surface area contributed by atoms with E-state index in [1.807, 2.05) is 48.5 Å². The number of hydrogen-bond donors (Lipinski definition) is 3. The molecule has 184 valence electrons. The maximum absolute atomic E-state index is 12.2. The van der Waals surface area contributed by atoms with E-state index < -0.39 is 24.3 Å². The van der Waals surface area contributed by atoms with Crippen LogP contribution in [0.4, 0.5) is 9.59 Å². The van der Waals surface area contributed by atoms with Crippen LogP contribution in [0.25, 0.3) is 10.9 Å². The molecule has 0 bridgehead atoms. The number of rotatable bonds is 9. The van der Waals surface area contributed by atoms with E-state index in [9.17, 15) is 19.5 Å². The van der Waals surface area contributed by atoms with Gasteiger partial charge in [-0.25, -0.2) is 14.4 Å². The van der Waals surface area contributed by atoms with Gasteiger partial charge in [-0.3, -0.25) is 0 Å². The van der Waals surface area contributed by atoms with E-state index in [1.165, 1.54) is 0 Å². The number of carboxylic acid groups (broad SMARTS) is 1. The molecular formula is C27H24N2O7. The molecule has 9 heteroatoms. The molecule has 1 aromatic heterocycles. The molecule has 1 heterocycles. The van der Waals surface area contributed by atoms with Gasteiger partial charge in [-0.2, -0.15) is 0 Å². The second-order valence-corrected chi connectivity index (χ2v) is 7.95. The minimum Gasteiger partial charge on any atom is -0.480 e. The molecule has 3 N–H and O–H groups in total. The highest BCUT2D eigenvalue weighted by Gasteiger charge is 2.23. The minimum absolute atomic E-state index is 0.0162. The molecule has 0 aliphatic rings. The number of hydrogen-bond acceptors (Lipinski definition) is 6. The molecule has 0 unspecified atom stereocenters. The number of aromatic nitrogens is 1. The number of fused-ring (bicyclic) bond motifs is 1. The maximum atomic E-state index is 12.2. The van der Waals surface area contributed by atoms with Crippen LogP contribution in [0.3, 0.4) is 0 Å². The van der Waals surface area contributed by atoms with Crippen LogP contribution in [0.1, 0.15) is 16.7 Å². The average Bonchev–Trinajstić information content (AvgIpc) is 3.29. The third kappa shape index (κ3) is 6.63. The second-order valence-electron chi connectivity index (χ2n) is 7.95. The third-order valence-corrected chi connectivity index (χ3v) is 5.37. The molecule has 4 rings (SSSR count). The summed E-state index contributed by atoms with van der Waals surface area (Å²) in [6, 6.07) is 22.0. The Hall–Kier alpha value is -4.79. The lowest BCUT2D eigenvalue weighted by Crippen LogP contribution is -2.42. The number of benzene rings is 3. The minimum atomic E-state index is -1.23. The molecule has 0 radical (unpaired) electrons. The van der Waals surface area contributed by atoms with Crippen molar-refractivity contribution in [3.05, 3.63) is 102 Å². The molecule has 9 nitrogen and oxygen atoms in total. The lowest BCUT2D eigenvalue weighted by molar-refractivity contribution is -0.139. The monoisotopic (exact) mass is 488 g/mol. The highest BCUT2D eigenvalue weighted by molar-refractivity contribution is 5.87. The molecule has 1 amide bonds. The van der Waals surface area contributed by atoms with Crippen LogP contribution in [0.5, 0.6) is 5.75 Å². The first-order valence-corrected chi connectivity index (χ1v) is 11.2. The molecule has 3 aromatic carbocycles. The topological polar surface area (TPSA) is 127 Å². The van der Waals surface area contributed by atoms with Crippen molar-refractivity contribution in [1.29, 1.82) is 0 Å². The maximum Gasteiger partial charge on any atom is 0.514 e. The number of carboxylic acids is 1. The number of carbonyl (C=O) groups excluding carboxylic acids is 2. The van der Waals surface area contributed by atoms with Gasteiger partial charge in [0.25, 0.3) is 0 Å². The van der Waals surface area contributed by atoms with Crippen LogP contribution < -0.4 is 10.1 Å². The highest BCUT2D eigenvalue weighted by atomic mass is 16.7. The van der Waals surface area contributed by atoms with E-state index in [0.29, 0.717) is 16.5 Å². The summed E-state index contributed by atoms with van der Waals surface area (Å²) in [4.78, 5) is 39.2. The number of amides is 1. The van der Waals surface area contributed by atoms with Crippen LogP contribution in [-0.2, 0) is 33.9 Å². The SMILES string of the molecule is O=C(N[C@@H](Cc1c[nH]c2ccc(OC(=O)OCc3ccccc3)cc12)C(=O)O)OCc1ccccc1. The van der Waals surface area contributed by atoms with Crippen molar-refractivity contribution in [3.8, 4) is 5.75 Å². The van der Waals surface area contributed by atoms with Gasteiger partial charge in [-0.15, -0.1) is 0 Å². The number of aliphatic carboxylic acids is 1. The zero-order valence-electron chi connectivity index (χ0n) is 19.2. The van der Waals surface area contributed by atoms with Gasteiger partial charge < -0.3 is 29.6 Å². The molecular weight excluding hydrogens is 464 g/mol. The molecule has 4 aromatic rings. The van der Waals surface area contributed by atoms with E-state index in [0.717, 1.165) is 11.1 Å². The van der Waals surface area contributed by atoms with Crippen molar-refractivity contribution in [2.24, 2.45) is 0 Å². The van der Waals surface area contributed by atoms with Gasteiger partial charge in [0.15, 0.2) is 0 Å². The Morgan fingerprint density at radius 2 is 1.50 bits per heavy atom. The van der Waals surface area contributed by atoms with Crippen molar-refractivity contribution in [3.63, 3.8) is 0 Å². The zero-order valence-corrected chi connectivity index (χ0v) is 19.2. The van der Waals surface area contributed by atoms with Gasteiger partial charge in [-0.05, 0) is 34.9 Å². The van der Waals surface area contributed by atoms with Crippen molar-refractivity contribution in [2.75, 3.05) is 0 Å². The Morgan fingerprint density at radius 3 is 2.14 bits per heavy atom. The van der Waals surface area contributed by atoms with E-state index >= 15 is 0 Å². The number of nitrogens with one attached hydrogen (secondary N) is 2. The summed E-state index contributed by atoms with van der Waals surface area (Å²) in [6.45, 7) is 0.0941. The first-order valence-electron chi connectivity index (χ1n) is 11.2. The van der Waals surface area contributed by atoms with E-state index in [1.54, 1.807) is 36.5 Å². The molecule has 0 spiro atoms. The summed E-state index contributed by atoms with van der Waals surface area (Å²) >= 11 is 0. The van der Waals surface area contributed by atoms with Gasteiger partial charge in [0.1, 0.15) is 25.0 Å². The normalized spacial score (nSPS) is 11.4. The zero-order chi connectivity index (χ0) is 25.3. The Labute approximate surface area is 206 Å². The summed E-state index contributed by atoms with van der Waals surface area (Å²) in [7, 11) is 0. The predicted octanol–water partition coefficient (Wildman–Crippen LogP) is 4.81. The van der Waals surface area contributed by atoms with Gasteiger partial charge in [0, 0.05) is 23.5 Å². The van der Waals surface area contributed by atoms with E-state index in [-0.39, 0.29) is 25.4 Å². The number of alkyl carbamates (subject to hydrolysis) is 1. The summed E-state index contributed by atoms with van der Waals surface area (Å²) in [5.74, 6) is -0.971. The molecule has 0 saturated carbocycles. The van der Waals surface area contributed by atoms with Crippen molar-refractivity contribution >= 4 is 29.1 Å². The van der Waals surface area contributed by atoms with Crippen LogP contribution in [0.15, 0.2) is 85.1 Å². The molecule has 36 heavy (non-hydrogen) atoms. The fourth-order valence-electron chi connectivity index (χ4n) is 3.56. The highest BCUT2D eigenvalue weighted by Crippen LogP contribution is 2.25. The molecule has 0 aliphatic heterocycles. The van der Waals surface area contributed by atoms with Gasteiger partial charge in [0.2, 0.25) is 0 Å². The van der Waals surface area contributed by atoms with Crippen LogP contribution in [0.2, 0.25) is 0 Å². The Balaban J connectivity index is 1.38. The average molecular weight is 488 g/mol. The Kier molecular flexibility index (Phi) is 7.82. The molecule has 0 fully saturated rings. The Morgan fingerprint density at radius 1 is 0.861 bits per heavy atom. The lowest BCUT2D eigenvalue weighted by atomic mass is 10.0. The van der Waals surface area contributed by atoms with Crippen molar-refractivity contribution in [1.82, 2.24) is 10.3 Å². The van der Waals surface area contributed by atoms with Gasteiger partial charge in [-0.1, -0.05) is 60.7 Å². The Bertz CT molecular complexity index is 1340. The van der Waals surface area contributed by atoms with Crippen LogP contribution >= 0.6 is 0 Å². The molecule has 0 aliphatic carbocycles. The number of aromatic amines is 1. The van der Waals surface area contributed by atoms with Crippen molar-refractivity contribution in [2.45, 2.75) is 25.7 Å². The van der Waals surface area contributed by atoms with Crippen LogP contribution in [-0.4, -0.2) is 34.4 Å². The van der Waals surface area contributed by atoms with E-state index in [2.05, 4.69) is 10.3 Å². The van der Waals surface area contributed by atoms with Crippen LogP contribution in [0, 0.1) is 0 Å². The van der Waals surface area contributed by atoms with E-state index in [4.69, 9.17) is 14.2 Å². The van der Waals surface area contributed by atoms with Gasteiger partial charge in [0.05, 0.1) is 0 Å². The summed E-state index contributed by atoms with van der Waals surface area (Å²) in [5.41, 5.74) is 2.94. The second kappa shape index (κ2) is 11.6. The lowest BCUT2D eigenvalue weighted by Gasteiger charge is -2.14. The molecule has 1 atom stereocenters. The standard InChI is InChI=1S/C27H24N2O7/c30-25(31)24(29-26(32)34-16-18-7-3-1-4-8-18)13-20-15-28-23-12-11-21(14-22(20)23)36-27(33)35-17-19-9-5-2-6-10-19/h1-12,14-15,24,28H,13,16-17H2,(H,29,32)(H,30,31)/t24-/m0/s1. The first kappa shape index (κ1) is 24.3. The largest absolute Gasteiger partial charge is 0.514 e. The number of carbonyl (C=O) groups is 3. The smallest absolute Gasteiger partial charge is 0.480 e. The summed E-state index contributed by atoms with van der Waals surface area (Å²) in [6.07, 6.45) is -0.0648. The third-order valence-electron chi connectivity index (χ3n) is 5.37. The first-order chi connectivity index (χ1) is 17.5. The summed E-state index contributed by atoms with van der Waals surface area (Å²) < 4.78 is 15.6. The fourth-order valence-corrected chi connectivity index (χ4v) is 3.56. The van der Waals surface area contributed by atoms with Crippen molar-refractivity contribution < 1.29 is 33.7 Å². The quantitative estimate of drug-likeness (QED) is 0.228. The fraction of sp³-hybridized carbons (Fsp3) is 0.148. The predicted molar refractivity (Wildman–Crippen MR) is 130 cm³/mol. The van der Waals surface area contributed by atoms with Gasteiger partial charge >= 0.3 is 18.2 Å².